The second-order valence-corrected chi connectivity index (χ2v) is 4.45. The molecular weight excluding hydrogens is 191 g/mol. The smallest absolute Gasteiger partial charge is 0.0597 e. The molecule has 2 atom stereocenters. The molecule has 4 heteroatoms. The lowest BCUT2D eigenvalue weighted by Crippen LogP contribution is -2.29. The number of ether oxygens (including phenoxy) is 1. The normalized spacial score (nSPS) is 34.2. The molecule has 1 rings (SSSR count). The van der Waals surface area contributed by atoms with Gasteiger partial charge in [0.05, 0.1) is 13.2 Å². The Morgan fingerprint density at radius 2 is 1.70 bits per heavy atom. The van der Waals surface area contributed by atoms with Crippen molar-refractivity contribution in [2.24, 2.45) is 0 Å². The van der Waals surface area contributed by atoms with Crippen LogP contribution in [-0.2, 0) is 4.74 Å². The van der Waals surface area contributed by atoms with Gasteiger partial charge in [-0.1, -0.05) is 0 Å². The standard InChI is InChI=1S/C6H10Cl2OS/c7-1-5-3-9-4-6(2-8)10-5/h5-6H,1-4H2/t5-,6+. The van der Waals surface area contributed by atoms with E-state index in [9.17, 15) is 0 Å². The summed E-state index contributed by atoms with van der Waals surface area (Å²) in [5, 5.41) is 0.887. The summed E-state index contributed by atoms with van der Waals surface area (Å²) >= 11 is 13.2. The molecule has 1 fully saturated rings. The molecule has 1 saturated heterocycles. The minimum absolute atomic E-state index is 0.444. The van der Waals surface area contributed by atoms with E-state index >= 15 is 0 Å². The first-order chi connectivity index (χ1) is 4.86. The van der Waals surface area contributed by atoms with Crippen molar-refractivity contribution in [3.63, 3.8) is 0 Å². The van der Waals surface area contributed by atoms with E-state index in [-0.39, 0.29) is 0 Å². The third-order valence-electron chi connectivity index (χ3n) is 1.34. The maximum absolute atomic E-state index is 5.66. The Morgan fingerprint density at radius 3 is 2.10 bits per heavy atom. The van der Waals surface area contributed by atoms with Crippen molar-refractivity contribution in [1.82, 2.24) is 0 Å². The van der Waals surface area contributed by atoms with Crippen LogP contribution >= 0.6 is 35.0 Å². The molecule has 0 aliphatic carbocycles. The van der Waals surface area contributed by atoms with Crippen molar-refractivity contribution in [3.05, 3.63) is 0 Å². The van der Waals surface area contributed by atoms with Gasteiger partial charge in [0, 0.05) is 22.3 Å². The van der Waals surface area contributed by atoms with Crippen molar-refractivity contribution in [3.8, 4) is 0 Å². The van der Waals surface area contributed by atoms with Crippen LogP contribution in [0, 0.1) is 0 Å². The maximum atomic E-state index is 5.66. The Balaban J connectivity index is 2.25. The Labute approximate surface area is 75.4 Å². The van der Waals surface area contributed by atoms with Crippen molar-refractivity contribution in [2.75, 3.05) is 25.0 Å². The van der Waals surface area contributed by atoms with Gasteiger partial charge in [0.15, 0.2) is 0 Å². The zero-order valence-electron chi connectivity index (χ0n) is 5.56. The van der Waals surface area contributed by atoms with Crippen molar-refractivity contribution < 1.29 is 4.74 Å². The van der Waals surface area contributed by atoms with Crippen LogP contribution in [-0.4, -0.2) is 35.5 Å². The average molecular weight is 201 g/mol. The van der Waals surface area contributed by atoms with Crippen LogP contribution in [0.4, 0.5) is 0 Å². The molecule has 10 heavy (non-hydrogen) atoms. The molecule has 0 unspecified atom stereocenters. The molecule has 0 aromatic heterocycles. The average Bonchev–Trinajstić information content (AvgIpc) is 2.05. The molecule has 1 aliphatic rings. The number of alkyl halides is 2. The lowest BCUT2D eigenvalue weighted by Gasteiger charge is -2.25. The summed E-state index contributed by atoms with van der Waals surface area (Å²) < 4.78 is 5.29. The van der Waals surface area contributed by atoms with Gasteiger partial charge >= 0.3 is 0 Å². The van der Waals surface area contributed by atoms with E-state index in [1.165, 1.54) is 0 Å². The largest absolute Gasteiger partial charge is 0.379 e. The van der Waals surface area contributed by atoms with Crippen LogP contribution in [0.3, 0.4) is 0 Å². The van der Waals surface area contributed by atoms with E-state index in [2.05, 4.69) is 0 Å². The predicted octanol–water partition coefficient (Wildman–Crippen LogP) is 1.96. The summed E-state index contributed by atoms with van der Waals surface area (Å²) in [6.07, 6.45) is 0. The zero-order valence-corrected chi connectivity index (χ0v) is 7.88. The van der Waals surface area contributed by atoms with E-state index < -0.39 is 0 Å². The maximum Gasteiger partial charge on any atom is 0.0597 e. The van der Waals surface area contributed by atoms with Crippen LogP contribution in [0.25, 0.3) is 0 Å². The summed E-state index contributed by atoms with van der Waals surface area (Å²) in [5.74, 6) is 1.33. The van der Waals surface area contributed by atoms with Gasteiger partial charge in [0.2, 0.25) is 0 Å². The quantitative estimate of drug-likeness (QED) is 0.631. The fourth-order valence-electron chi connectivity index (χ4n) is 0.843. The third-order valence-corrected chi connectivity index (χ3v) is 3.82. The first-order valence-corrected chi connectivity index (χ1v) is 5.23. The van der Waals surface area contributed by atoms with Crippen LogP contribution in [0.2, 0.25) is 0 Å². The Kier molecular flexibility index (Phi) is 4.23. The lowest BCUT2D eigenvalue weighted by atomic mass is 10.4. The molecule has 0 N–H and O–H groups in total. The third kappa shape index (κ3) is 2.50. The molecule has 0 saturated carbocycles. The number of halogens is 2. The number of thioether (sulfide) groups is 1. The Hall–Kier alpha value is 0.890. The lowest BCUT2D eigenvalue weighted by molar-refractivity contribution is 0.133. The molecule has 0 spiro atoms. The first kappa shape index (κ1) is 8.98. The van der Waals surface area contributed by atoms with Crippen LogP contribution < -0.4 is 0 Å². The highest BCUT2D eigenvalue weighted by Gasteiger charge is 2.21. The van der Waals surface area contributed by atoms with Gasteiger partial charge in [-0.25, -0.2) is 0 Å². The zero-order chi connectivity index (χ0) is 7.40. The molecule has 0 aromatic rings. The summed E-state index contributed by atoms with van der Waals surface area (Å²) in [7, 11) is 0. The van der Waals surface area contributed by atoms with Crippen LogP contribution in [0.1, 0.15) is 0 Å². The van der Waals surface area contributed by atoms with E-state index in [1.54, 1.807) is 0 Å². The minimum atomic E-state index is 0.444. The fourth-order valence-corrected chi connectivity index (χ4v) is 2.50. The van der Waals surface area contributed by atoms with E-state index in [1.807, 2.05) is 11.8 Å². The highest BCUT2D eigenvalue weighted by atomic mass is 35.5. The molecule has 1 nitrogen and oxygen atoms in total. The SMILES string of the molecule is ClC[C@@H]1COC[C@H](CCl)S1. The van der Waals surface area contributed by atoms with Gasteiger partial charge in [-0.3, -0.25) is 0 Å². The van der Waals surface area contributed by atoms with E-state index in [0.29, 0.717) is 22.3 Å². The topological polar surface area (TPSA) is 9.23 Å². The summed E-state index contributed by atoms with van der Waals surface area (Å²) in [6.45, 7) is 1.56. The molecule has 0 amide bonds. The van der Waals surface area contributed by atoms with Gasteiger partial charge in [0.1, 0.15) is 0 Å². The van der Waals surface area contributed by atoms with Gasteiger partial charge in [-0.05, 0) is 0 Å². The fraction of sp³-hybridized carbons (Fsp3) is 1.00. The van der Waals surface area contributed by atoms with E-state index in [0.717, 1.165) is 13.2 Å². The molecule has 60 valence electrons. The highest BCUT2D eigenvalue weighted by Crippen LogP contribution is 2.25. The van der Waals surface area contributed by atoms with E-state index in [4.69, 9.17) is 27.9 Å². The molecular formula is C6H10Cl2OS. The minimum Gasteiger partial charge on any atom is -0.379 e. The molecule has 0 bridgehead atoms. The second kappa shape index (κ2) is 4.70. The van der Waals surface area contributed by atoms with Gasteiger partial charge in [-0.15, -0.1) is 35.0 Å². The van der Waals surface area contributed by atoms with Crippen LogP contribution in [0.5, 0.6) is 0 Å². The summed E-state index contributed by atoms with van der Waals surface area (Å²) in [4.78, 5) is 0. The number of rotatable bonds is 2. The Bertz CT molecular complexity index is 91.7. The first-order valence-electron chi connectivity index (χ1n) is 3.22. The summed E-state index contributed by atoms with van der Waals surface area (Å²) in [6, 6.07) is 0. The molecule has 0 aromatic carbocycles. The second-order valence-electron chi connectivity index (χ2n) is 2.23. The molecule has 1 heterocycles. The van der Waals surface area contributed by atoms with Crippen molar-refractivity contribution >= 4 is 35.0 Å². The number of hydrogen-bond donors (Lipinski definition) is 0. The molecule has 1 aliphatic heterocycles. The number of hydrogen-bond acceptors (Lipinski definition) is 2. The van der Waals surface area contributed by atoms with Crippen LogP contribution in [0.15, 0.2) is 0 Å². The highest BCUT2D eigenvalue weighted by molar-refractivity contribution is 8.00. The van der Waals surface area contributed by atoms with Gasteiger partial charge in [-0.2, -0.15) is 0 Å². The monoisotopic (exact) mass is 200 g/mol. The van der Waals surface area contributed by atoms with Gasteiger partial charge in [0.25, 0.3) is 0 Å². The predicted molar refractivity (Wildman–Crippen MR) is 47.4 cm³/mol. The van der Waals surface area contributed by atoms with Crippen molar-refractivity contribution in [1.29, 1.82) is 0 Å². The Morgan fingerprint density at radius 1 is 1.20 bits per heavy atom. The van der Waals surface area contributed by atoms with Crippen molar-refractivity contribution in [2.45, 2.75) is 10.5 Å². The summed E-state index contributed by atoms with van der Waals surface area (Å²) in [5.41, 5.74) is 0. The molecule has 0 radical (unpaired) electrons. The van der Waals surface area contributed by atoms with Gasteiger partial charge < -0.3 is 4.74 Å².